The lowest BCUT2D eigenvalue weighted by Gasteiger charge is -2.25. The van der Waals surface area contributed by atoms with Gasteiger partial charge in [0.05, 0.1) is 22.2 Å². The van der Waals surface area contributed by atoms with Crippen molar-refractivity contribution in [3.05, 3.63) is 127 Å². The number of nitrogens with zero attached hydrogens (tertiary/aromatic N) is 3. The Bertz CT molecular complexity index is 2760. The first-order valence-corrected chi connectivity index (χ1v) is 16.8. The van der Waals surface area contributed by atoms with Gasteiger partial charge < -0.3 is 4.42 Å². The van der Waals surface area contributed by atoms with E-state index in [0.717, 1.165) is 66.3 Å². The molecule has 0 N–H and O–H groups in total. The molecule has 0 unspecified atom stereocenters. The molecule has 47 heavy (non-hydrogen) atoms. The van der Waals surface area contributed by atoms with Gasteiger partial charge in [0.25, 0.3) is 0 Å². The second-order valence-corrected chi connectivity index (χ2v) is 14.6. The molecule has 4 nitrogen and oxygen atoms in total. The van der Waals surface area contributed by atoms with Crippen molar-refractivity contribution >= 4 is 66.4 Å². The number of para-hydroxylation sites is 2. The van der Waals surface area contributed by atoms with Crippen LogP contribution in [0.1, 0.15) is 26.3 Å². The van der Waals surface area contributed by atoms with Crippen molar-refractivity contribution in [3.8, 4) is 28.3 Å². The lowest BCUT2D eigenvalue weighted by Crippen LogP contribution is -2.13. The number of fused-ring (bicyclic) bond motifs is 8. The summed E-state index contributed by atoms with van der Waals surface area (Å²) in [6, 6.07) is 43.3. The molecule has 0 bridgehead atoms. The fourth-order valence-corrected chi connectivity index (χ4v) is 8.31. The highest BCUT2D eigenvalue weighted by Gasteiger charge is 2.26. The fraction of sp³-hybridized carbons (Fsp3) is 0.0952. The highest BCUT2D eigenvalue weighted by atomic mass is 32.2. The van der Waals surface area contributed by atoms with Crippen LogP contribution in [0.15, 0.2) is 136 Å². The molecular weight excluding hydrogens is 595 g/mol. The molecule has 1 aliphatic rings. The molecule has 5 heteroatoms. The third-order valence-corrected chi connectivity index (χ3v) is 10.7. The number of aromatic nitrogens is 3. The standard InChI is InChI=1S/C42H29N3OS/c1-42(2,3)26-22-32-39-38(23-26)47-37-15-9-6-12-29(37)40(39)44-41(43-32)45-33-13-7-4-10-27(33)30-20-24(16-18-34(30)45)25-17-19-36-31(21-25)28-11-5-8-14-35(28)46-36/h4-23H,1-3H3. The van der Waals surface area contributed by atoms with Crippen LogP contribution >= 0.6 is 11.8 Å². The Morgan fingerprint density at radius 3 is 2.17 bits per heavy atom. The van der Waals surface area contributed by atoms with E-state index in [9.17, 15) is 0 Å². The molecule has 0 saturated carbocycles. The molecule has 0 aliphatic carbocycles. The van der Waals surface area contributed by atoms with Gasteiger partial charge in [-0.15, -0.1) is 0 Å². The summed E-state index contributed by atoms with van der Waals surface area (Å²) in [5, 5.41) is 5.75. The van der Waals surface area contributed by atoms with E-state index in [1.807, 2.05) is 23.9 Å². The van der Waals surface area contributed by atoms with Gasteiger partial charge in [-0.25, -0.2) is 9.97 Å². The minimum absolute atomic E-state index is 0.0114. The Labute approximate surface area is 275 Å². The molecule has 0 radical (unpaired) electrons. The van der Waals surface area contributed by atoms with E-state index in [4.69, 9.17) is 14.4 Å². The van der Waals surface area contributed by atoms with Crippen LogP contribution in [0.5, 0.6) is 0 Å². The van der Waals surface area contributed by atoms with Crippen molar-refractivity contribution in [3.63, 3.8) is 0 Å². The molecule has 9 aromatic rings. The Morgan fingerprint density at radius 2 is 1.30 bits per heavy atom. The molecule has 4 heterocycles. The Kier molecular flexibility index (Phi) is 5.45. The Balaban J connectivity index is 1.23. The molecule has 3 aromatic heterocycles. The van der Waals surface area contributed by atoms with E-state index < -0.39 is 0 Å². The van der Waals surface area contributed by atoms with Gasteiger partial charge in [-0.05, 0) is 76.7 Å². The highest BCUT2D eigenvalue weighted by molar-refractivity contribution is 7.99. The highest BCUT2D eigenvalue weighted by Crippen LogP contribution is 2.48. The van der Waals surface area contributed by atoms with Crippen LogP contribution in [-0.2, 0) is 5.41 Å². The van der Waals surface area contributed by atoms with Crippen molar-refractivity contribution in [2.75, 3.05) is 0 Å². The number of hydrogen-bond donors (Lipinski definition) is 0. The normalized spacial score (nSPS) is 12.9. The van der Waals surface area contributed by atoms with Gasteiger partial charge in [-0.2, -0.15) is 0 Å². The molecule has 6 aromatic carbocycles. The van der Waals surface area contributed by atoms with E-state index in [1.54, 1.807) is 0 Å². The Hall–Kier alpha value is -5.39. The topological polar surface area (TPSA) is 43.9 Å². The number of furan rings is 1. The maximum Gasteiger partial charge on any atom is 0.235 e. The van der Waals surface area contributed by atoms with Crippen LogP contribution in [0, 0.1) is 0 Å². The van der Waals surface area contributed by atoms with E-state index in [0.29, 0.717) is 5.95 Å². The molecule has 10 rings (SSSR count). The lowest BCUT2D eigenvalue weighted by atomic mass is 9.86. The zero-order valence-corrected chi connectivity index (χ0v) is 27.0. The first-order chi connectivity index (χ1) is 22.9. The summed E-state index contributed by atoms with van der Waals surface area (Å²) in [6.07, 6.45) is 0. The second-order valence-electron chi connectivity index (χ2n) is 13.5. The quantitative estimate of drug-likeness (QED) is 0.192. The van der Waals surface area contributed by atoms with Crippen molar-refractivity contribution in [1.29, 1.82) is 0 Å². The average Bonchev–Trinajstić information content (AvgIpc) is 3.62. The molecule has 0 saturated heterocycles. The molecular formula is C42H29N3OS. The maximum absolute atomic E-state index is 6.11. The minimum atomic E-state index is -0.0114. The second kappa shape index (κ2) is 9.57. The summed E-state index contributed by atoms with van der Waals surface area (Å²) in [5.74, 6) is 0.691. The van der Waals surface area contributed by atoms with Gasteiger partial charge >= 0.3 is 0 Å². The largest absolute Gasteiger partial charge is 0.456 e. The van der Waals surface area contributed by atoms with E-state index in [2.05, 4.69) is 135 Å². The summed E-state index contributed by atoms with van der Waals surface area (Å²) in [6.45, 7) is 6.80. The first kappa shape index (κ1) is 26.8. The van der Waals surface area contributed by atoms with Crippen LogP contribution in [0.25, 0.3) is 83.0 Å². The van der Waals surface area contributed by atoms with Crippen molar-refractivity contribution in [2.24, 2.45) is 0 Å². The van der Waals surface area contributed by atoms with Gasteiger partial charge in [0.2, 0.25) is 5.95 Å². The zero-order chi connectivity index (χ0) is 31.4. The average molecular weight is 624 g/mol. The lowest BCUT2D eigenvalue weighted by molar-refractivity contribution is 0.589. The molecule has 0 spiro atoms. The summed E-state index contributed by atoms with van der Waals surface area (Å²) < 4.78 is 8.35. The Morgan fingerprint density at radius 1 is 0.596 bits per heavy atom. The molecule has 1 aliphatic heterocycles. The summed E-state index contributed by atoms with van der Waals surface area (Å²) >= 11 is 1.82. The molecule has 0 amide bonds. The van der Waals surface area contributed by atoms with Crippen LogP contribution in [0.4, 0.5) is 0 Å². The van der Waals surface area contributed by atoms with E-state index in [-0.39, 0.29) is 5.41 Å². The van der Waals surface area contributed by atoms with Crippen LogP contribution in [-0.4, -0.2) is 14.5 Å². The van der Waals surface area contributed by atoms with E-state index in [1.165, 1.54) is 26.1 Å². The minimum Gasteiger partial charge on any atom is -0.456 e. The number of hydrogen-bond acceptors (Lipinski definition) is 4. The number of benzene rings is 6. The van der Waals surface area contributed by atoms with Gasteiger partial charge in [-0.3, -0.25) is 4.57 Å². The third kappa shape index (κ3) is 3.96. The predicted octanol–water partition coefficient (Wildman–Crippen LogP) is 11.7. The number of rotatable bonds is 2. The van der Waals surface area contributed by atoms with Gasteiger partial charge in [0.1, 0.15) is 11.2 Å². The van der Waals surface area contributed by atoms with Gasteiger partial charge in [-0.1, -0.05) is 99.3 Å². The fourth-order valence-electron chi connectivity index (χ4n) is 7.17. The molecule has 0 fully saturated rings. The smallest absolute Gasteiger partial charge is 0.235 e. The van der Waals surface area contributed by atoms with Crippen LogP contribution < -0.4 is 0 Å². The molecule has 224 valence electrons. The predicted molar refractivity (Wildman–Crippen MR) is 195 cm³/mol. The summed E-state index contributed by atoms with van der Waals surface area (Å²) in [7, 11) is 0. The van der Waals surface area contributed by atoms with Crippen molar-refractivity contribution in [2.45, 2.75) is 36.0 Å². The van der Waals surface area contributed by atoms with Crippen molar-refractivity contribution in [1.82, 2.24) is 14.5 Å². The van der Waals surface area contributed by atoms with Crippen molar-refractivity contribution < 1.29 is 4.42 Å². The monoisotopic (exact) mass is 623 g/mol. The first-order valence-electron chi connectivity index (χ1n) is 16.0. The zero-order valence-electron chi connectivity index (χ0n) is 26.2. The van der Waals surface area contributed by atoms with Crippen LogP contribution in [0.3, 0.4) is 0 Å². The SMILES string of the molecule is CC(C)(C)c1cc2c3c(nc(-n4c5ccccc5c5cc(-c6ccc7oc8ccccc8c7c6)ccc54)nc3c1)-c1ccccc1S2. The third-order valence-electron chi connectivity index (χ3n) is 9.56. The van der Waals surface area contributed by atoms with E-state index >= 15 is 0 Å². The maximum atomic E-state index is 6.11. The summed E-state index contributed by atoms with van der Waals surface area (Å²) in [5.41, 5.74) is 10.7. The van der Waals surface area contributed by atoms with Crippen LogP contribution in [0.2, 0.25) is 0 Å². The van der Waals surface area contributed by atoms with Gasteiger partial charge in [0.15, 0.2) is 0 Å². The van der Waals surface area contributed by atoms with Gasteiger partial charge in [0, 0.05) is 42.3 Å². The molecule has 0 atom stereocenters. The summed E-state index contributed by atoms with van der Waals surface area (Å²) in [4.78, 5) is 13.2.